The Morgan fingerprint density at radius 2 is 1.76 bits per heavy atom. The Morgan fingerprint density at radius 3 is 2.49 bits per heavy atom. The zero-order chi connectivity index (χ0) is 32.0. The molecule has 3 N–H and O–H groups in total. The van der Waals surface area contributed by atoms with Crippen molar-refractivity contribution in [2.45, 2.75) is 90.0 Å². The van der Waals surface area contributed by atoms with Crippen molar-refractivity contribution in [2.24, 2.45) is 22.7 Å². The number of rotatable bonds is 8. The van der Waals surface area contributed by atoms with Gasteiger partial charge in [-0.25, -0.2) is 4.79 Å². The maximum absolute atomic E-state index is 14.1. The minimum Gasteiger partial charge on any atom is -0.497 e. The summed E-state index contributed by atoms with van der Waals surface area (Å²) in [4.78, 5) is 15.9. The van der Waals surface area contributed by atoms with Gasteiger partial charge < -0.3 is 29.9 Å². The normalized spacial score (nSPS) is 32.6. The number of nitrogens with zero attached hydrogens (tertiary/aromatic N) is 1. The molecule has 7 nitrogen and oxygen atoms in total. The summed E-state index contributed by atoms with van der Waals surface area (Å²) in [7, 11) is 3.25. The molecule has 2 aromatic rings. The number of hydrogen-bond acceptors (Lipinski definition) is 5. The number of allylic oxidation sites excluding steroid dienone is 3. The van der Waals surface area contributed by atoms with Crippen molar-refractivity contribution >= 4 is 6.03 Å². The standard InChI is InChI=1S/C38H50N2O5/c1-25(26-9-7-6-8-10-26)39-35(42)40(23-27-11-13-30(44-4)22-34(27)45-5)24-38(43)20-17-33-31-14-12-28-21-29(41)15-18-36(28,2)32(31)16-19-37(33,38)3/h6-14,22,25,29,32-33,41,43H,15-21,23-24H2,1-5H3,(H,39,42)/t25-,29+,32+,33+,36+,37+,38-/m1/s1. The van der Waals surface area contributed by atoms with E-state index >= 15 is 0 Å². The fraction of sp³-hybridized carbons (Fsp3) is 0.553. The number of urea groups is 1. The molecule has 0 saturated heterocycles. The van der Waals surface area contributed by atoms with Crippen molar-refractivity contribution < 1.29 is 24.5 Å². The second kappa shape index (κ2) is 12.1. The van der Waals surface area contributed by atoms with Crippen LogP contribution in [0.4, 0.5) is 4.79 Å². The van der Waals surface area contributed by atoms with Gasteiger partial charge in [0.2, 0.25) is 0 Å². The molecule has 4 aliphatic rings. The molecule has 45 heavy (non-hydrogen) atoms. The van der Waals surface area contributed by atoms with Crippen molar-refractivity contribution in [1.29, 1.82) is 0 Å². The second-order valence-electron chi connectivity index (χ2n) is 14.4. The number of fused-ring (bicyclic) bond motifs is 5. The van der Waals surface area contributed by atoms with Crippen LogP contribution in [-0.4, -0.2) is 53.6 Å². The molecule has 0 aliphatic heterocycles. The number of ether oxygens (including phenoxy) is 2. The van der Waals surface area contributed by atoms with Crippen LogP contribution in [-0.2, 0) is 6.54 Å². The number of amides is 2. The molecular formula is C38H50N2O5. The zero-order valence-electron chi connectivity index (χ0n) is 27.5. The van der Waals surface area contributed by atoms with Crippen LogP contribution in [0.5, 0.6) is 11.5 Å². The molecule has 7 atom stereocenters. The van der Waals surface area contributed by atoms with E-state index in [-0.39, 0.29) is 41.5 Å². The lowest BCUT2D eigenvalue weighted by Gasteiger charge is -2.56. The highest BCUT2D eigenvalue weighted by molar-refractivity contribution is 5.75. The molecule has 0 unspecified atom stereocenters. The van der Waals surface area contributed by atoms with Crippen molar-refractivity contribution in [3.63, 3.8) is 0 Å². The van der Waals surface area contributed by atoms with Gasteiger partial charge in [0.1, 0.15) is 11.5 Å². The zero-order valence-corrected chi connectivity index (χ0v) is 27.5. The first-order valence-electron chi connectivity index (χ1n) is 16.6. The van der Waals surface area contributed by atoms with Crippen molar-refractivity contribution in [2.75, 3.05) is 20.8 Å². The highest BCUT2D eigenvalue weighted by Gasteiger charge is 2.62. The molecular weight excluding hydrogens is 564 g/mol. The first-order chi connectivity index (χ1) is 21.5. The maximum atomic E-state index is 14.1. The molecule has 2 aromatic carbocycles. The van der Waals surface area contributed by atoms with Crippen LogP contribution >= 0.6 is 0 Å². The summed E-state index contributed by atoms with van der Waals surface area (Å²) >= 11 is 0. The van der Waals surface area contributed by atoms with Crippen molar-refractivity contribution in [3.05, 3.63) is 83.0 Å². The van der Waals surface area contributed by atoms with Gasteiger partial charge in [-0.15, -0.1) is 0 Å². The number of carbonyl (C=O) groups is 1. The molecule has 3 fully saturated rings. The van der Waals surface area contributed by atoms with Crippen LogP contribution in [0.3, 0.4) is 0 Å². The van der Waals surface area contributed by atoms with Crippen LogP contribution in [0.15, 0.2) is 71.8 Å². The molecule has 2 amide bonds. The highest BCUT2D eigenvalue weighted by atomic mass is 16.5. The van der Waals surface area contributed by atoms with Gasteiger partial charge in [-0.1, -0.05) is 67.5 Å². The minimum atomic E-state index is -1.05. The number of nitrogens with one attached hydrogen (secondary N) is 1. The first kappa shape index (κ1) is 31.7. The first-order valence-corrected chi connectivity index (χ1v) is 16.6. The van der Waals surface area contributed by atoms with E-state index in [1.54, 1.807) is 19.1 Å². The lowest BCUT2D eigenvalue weighted by atomic mass is 9.50. The van der Waals surface area contributed by atoms with Gasteiger partial charge >= 0.3 is 6.03 Å². The molecule has 3 saturated carbocycles. The summed E-state index contributed by atoms with van der Waals surface area (Å²) in [5.41, 5.74) is 3.40. The third-order valence-electron chi connectivity index (χ3n) is 12.1. The number of aliphatic hydroxyl groups is 2. The Labute approximate surface area is 268 Å². The minimum absolute atomic E-state index is 0.0791. The van der Waals surface area contributed by atoms with E-state index < -0.39 is 5.60 Å². The van der Waals surface area contributed by atoms with Gasteiger partial charge in [-0.05, 0) is 86.8 Å². The van der Waals surface area contributed by atoms with Crippen LogP contribution in [0.25, 0.3) is 0 Å². The van der Waals surface area contributed by atoms with E-state index in [2.05, 4.69) is 31.3 Å². The Bertz CT molecular complexity index is 1470. The largest absolute Gasteiger partial charge is 0.497 e. The molecule has 0 heterocycles. The topological polar surface area (TPSA) is 91.3 Å². The lowest BCUT2D eigenvalue weighted by molar-refractivity contribution is -0.0973. The highest BCUT2D eigenvalue weighted by Crippen LogP contribution is 2.66. The van der Waals surface area contributed by atoms with Crippen LogP contribution < -0.4 is 14.8 Å². The van der Waals surface area contributed by atoms with E-state index in [9.17, 15) is 15.0 Å². The lowest BCUT2D eigenvalue weighted by Crippen LogP contribution is -2.57. The van der Waals surface area contributed by atoms with Gasteiger partial charge in [-0.2, -0.15) is 0 Å². The van der Waals surface area contributed by atoms with E-state index in [1.807, 2.05) is 55.5 Å². The maximum Gasteiger partial charge on any atom is 0.318 e. The summed E-state index contributed by atoms with van der Waals surface area (Å²) in [6.45, 7) is 7.16. The van der Waals surface area contributed by atoms with Gasteiger partial charge in [0, 0.05) is 17.0 Å². The molecule has 0 bridgehead atoms. The van der Waals surface area contributed by atoms with E-state index in [4.69, 9.17) is 9.47 Å². The third kappa shape index (κ3) is 5.56. The predicted octanol–water partition coefficient (Wildman–Crippen LogP) is 6.95. The van der Waals surface area contributed by atoms with Gasteiger partial charge in [0.15, 0.2) is 0 Å². The van der Waals surface area contributed by atoms with Crippen LogP contribution in [0.1, 0.15) is 82.9 Å². The molecule has 6 rings (SSSR count). The number of methoxy groups -OCH3 is 2. The average molecular weight is 615 g/mol. The fourth-order valence-corrected chi connectivity index (χ4v) is 9.16. The Balaban J connectivity index is 1.29. The summed E-state index contributed by atoms with van der Waals surface area (Å²) in [6, 6.07) is 15.2. The third-order valence-corrected chi connectivity index (χ3v) is 12.1. The Morgan fingerprint density at radius 1 is 1.00 bits per heavy atom. The molecule has 0 radical (unpaired) electrons. The molecule has 4 aliphatic carbocycles. The van der Waals surface area contributed by atoms with Crippen LogP contribution in [0.2, 0.25) is 0 Å². The quantitative estimate of drug-likeness (QED) is 0.299. The summed E-state index contributed by atoms with van der Waals surface area (Å²) in [5.74, 6) is 2.03. The molecule has 0 aromatic heterocycles. The number of aliphatic hydroxyl groups excluding tert-OH is 1. The average Bonchev–Trinajstić information content (AvgIpc) is 3.31. The van der Waals surface area contributed by atoms with Crippen molar-refractivity contribution in [1.82, 2.24) is 10.2 Å². The van der Waals surface area contributed by atoms with Crippen molar-refractivity contribution in [3.8, 4) is 11.5 Å². The van der Waals surface area contributed by atoms with Crippen LogP contribution in [0, 0.1) is 22.7 Å². The Kier molecular flexibility index (Phi) is 8.55. The summed E-state index contributed by atoms with van der Waals surface area (Å²) in [5, 5.41) is 26.3. The molecule has 242 valence electrons. The van der Waals surface area contributed by atoms with Gasteiger partial charge in [-0.3, -0.25) is 0 Å². The van der Waals surface area contributed by atoms with E-state index in [1.165, 1.54) is 11.1 Å². The SMILES string of the molecule is COc1ccc(CN(C[C@]2(O)CC[C@H]3C4=CC=C5C[C@@H](O)CC[C@]5(C)[C@H]4CC[C@@]32C)C(=O)N[C@H](C)c2ccccc2)c(OC)c1. The Hall–Kier alpha value is -3.29. The monoisotopic (exact) mass is 614 g/mol. The summed E-state index contributed by atoms with van der Waals surface area (Å²) < 4.78 is 11.1. The second-order valence-corrected chi connectivity index (χ2v) is 14.4. The van der Waals surface area contributed by atoms with Gasteiger partial charge in [0.05, 0.1) is 45.1 Å². The molecule has 7 heteroatoms. The number of hydrogen-bond donors (Lipinski definition) is 3. The van der Waals surface area contributed by atoms with E-state index in [0.717, 1.165) is 49.7 Å². The summed E-state index contributed by atoms with van der Waals surface area (Å²) in [6.07, 6.45) is 10.4. The molecule has 0 spiro atoms. The fourth-order valence-electron chi connectivity index (χ4n) is 9.16. The predicted molar refractivity (Wildman–Crippen MR) is 176 cm³/mol. The van der Waals surface area contributed by atoms with E-state index in [0.29, 0.717) is 30.4 Å². The van der Waals surface area contributed by atoms with Gasteiger partial charge in [0.25, 0.3) is 0 Å². The number of benzene rings is 2. The smallest absolute Gasteiger partial charge is 0.318 e. The number of carbonyl (C=O) groups excluding carboxylic acids is 1.